The Morgan fingerprint density at radius 2 is 1.71 bits per heavy atom. The minimum Gasteiger partial charge on any atom is -0.326 e. The SMILES string of the molecule is CC(=O)c1ccc(NC(=O)c2ccc(N3CCCc4ccccc43)nc2)cc1. The number of para-hydroxylation sites is 1. The number of aryl methyl sites for hydroxylation is 1. The van der Waals surface area contributed by atoms with E-state index in [0.29, 0.717) is 16.8 Å². The Balaban J connectivity index is 1.49. The number of hydrogen-bond donors (Lipinski definition) is 1. The normalized spacial score (nSPS) is 13.0. The highest BCUT2D eigenvalue weighted by Gasteiger charge is 2.19. The monoisotopic (exact) mass is 371 g/mol. The van der Waals surface area contributed by atoms with Crippen LogP contribution in [0.25, 0.3) is 0 Å². The van der Waals surface area contributed by atoms with E-state index in [0.717, 1.165) is 25.2 Å². The Bertz CT molecular complexity index is 1010. The Kier molecular flexibility index (Phi) is 4.89. The number of Topliss-reactive ketones (excluding diaryl/α,β-unsaturated/α-hetero) is 1. The van der Waals surface area contributed by atoms with Crippen LogP contribution in [0.15, 0.2) is 66.9 Å². The summed E-state index contributed by atoms with van der Waals surface area (Å²) >= 11 is 0. The van der Waals surface area contributed by atoms with Gasteiger partial charge in [-0.05, 0) is 67.8 Å². The van der Waals surface area contributed by atoms with Crippen molar-refractivity contribution in [2.75, 3.05) is 16.8 Å². The van der Waals surface area contributed by atoms with Gasteiger partial charge in [0, 0.05) is 29.7 Å². The highest BCUT2D eigenvalue weighted by molar-refractivity contribution is 6.04. The van der Waals surface area contributed by atoms with Crippen molar-refractivity contribution < 1.29 is 9.59 Å². The third-order valence-electron chi connectivity index (χ3n) is 4.95. The van der Waals surface area contributed by atoms with Gasteiger partial charge < -0.3 is 10.2 Å². The molecule has 5 heteroatoms. The average Bonchev–Trinajstić information content (AvgIpc) is 2.74. The van der Waals surface area contributed by atoms with Crippen LogP contribution < -0.4 is 10.2 Å². The predicted molar refractivity (Wildman–Crippen MR) is 110 cm³/mol. The molecule has 0 saturated heterocycles. The third kappa shape index (κ3) is 3.64. The predicted octanol–water partition coefficient (Wildman–Crippen LogP) is 4.62. The minimum absolute atomic E-state index is 0.00282. The van der Waals surface area contributed by atoms with Crippen LogP contribution in [0, 0.1) is 0 Å². The lowest BCUT2D eigenvalue weighted by atomic mass is 10.0. The van der Waals surface area contributed by atoms with Crippen molar-refractivity contribution >= 4 is 28.9 Å². The number of benzene rings is 2. The topological polar surface area (TPSA) is 62.3 Å². The van der Waals surface area contributed by atoms with Gasteiger partial charge in [-0.3, -0.25) is 9.59 Å². The summed E-state index contributed by atoms with van der Waals surface area (Å²) in [6.07, 6.45) is 3.76. The fraction of sp³-hybridized carbons (Fsp3) is 0.174. The molecule has 28 heavy (non-hydrogen) atoms. The first-order chi connectivity index (χ1) is 13.6. The zero-order chi connectivity index (χ0) is 19.5. The smallest absolute Gasteiger partial charge is 0.257 e. The molecule has 0 radical (unpaired) electrons. The maximum atomic E-state index is 12.5. The number of nitrogens with zero attached hydrogens (tertiary/aromatic N) is 2. The Morgan fingerprint density at radius 3 is 2.43 bits per heavy atom. The molecule has 2 aromatic carbocycles. The van der Waals surface area contributed by atoms with Crippen molar-refractivity contribution in [3.8, 4) is 0 Å². The summed E-state index contributed by atoms with van der Waals surface area (Å²) < 4.78 is 0. The van der Waals surface area contributed by atoms with E-state index in [2.05, 4.69) is 33.4 Å². The number of ketones is 1. The van der Waals surface area contributed by atoms with Crippen molar-refractivity contribution in [2.45, 2.75) is 19.8 Å². The maximum absolute atomic E-state index is 12.5. The molecule has 0 fully saturated rings. The van der Waals surface area contributed by atoms with Crippen LogP contribution in [-0.2, 0) is 6.42 Å². The number of carbonyl (C=O) groups excluding carboxylic acids is 2. The number of rotatable bonds is 4. The number of carbonyl (C=O) groups is 2. The number of aromatic nitrogens is 1. The van der Waals surface area contributed by atoms with Crippen molar-refractivity contribution in [1.29, 1.82) is 0 Å². The highest BCUT2D eigenvalue weighted by Crippen LogP contribution is 2.32. The second-order valence-electron chi connectivity index (χ2n) is 6.88. The van der Waals surface area contributed by atoms with E-state index >= 15 is 0 Å². The van der Waals surface area contributed by atoms with Crippen LogP contribution in [-0.4, -0.2) is 23.2 Å². The molecule has 5 nitrogen and oxygen atoms in total. The molecule has 0 bridgehead atoms. The first kappa shape index (κ1) is 17.9. The van der Waals surface area contributed by atoms with Crippen LogP contribution in [0.2, 0.25) is 0 Å². The van der Waals surface area contributed by atoms with E-state index < -0.39 is 0 Å². The summed E-state index contributed by atoms with van der Waals surface area (Å²) in [6.45, 7) is 2.43. The largest absolute Gasteiger partial charge is 0.326 e. The molecule has 2 heterocycles. The highest BCUT2D eigenvalue weighted by atomic mass is 16.1. The molecular weight excluding hydrogens is 350 g/mol. The molecule has 1 aliphatic heterocycles. The molecule has 0 atom stereocenters. The molecule has 0 unspecified atom stereocenters. The van der Waals surface area contributed by atoms with Gasteiger partial charge in [0.1, 0.15) is 5.82 Å². The van der Waals surface area contributed by atoms with E-state index in [1.54, 1.807) is 36.5 Å². The van der Waals surface area contributed by atoms with Crippen molar-refractivity contribution in [3.05, 3.63) is 83.6 Å². The number of fused-ring (bicyclic) bond motifs is 1. The second kappa shape index (κ2) is 7.64. The lowest BCUT2D eigenvalue weighted by molar-refractivity contribution is 0.101. The summed E-state index contributed by atoms with van der Waals surface area (Å²) in [5.74, 6) is 0.611. The van der Waals surface area contributed by atoms with E-state index in [1.165, 1.54) is 18.2 Å². The van der Waals surface area contributed by atoms with Crippen molar-refractivity contribution in [3.63, 3.8) is 0 Å². The lowest BCUT2D eigenvalue weighted by Gasteiger charge is -2.30. The molecule has 1 N–H and O–H groups in total. The zero-order valence-corrected chi connectivity index (χ0v) is 15.7. The van der Waals surface area contributed by atoms with Crippen LogP contribution in [0.5, 0.6) is 0 Å². The number of nitrogens with one attached hydrogen (secondary N) is 1. The van der Waals surface area contributed by atoms with Crippen LogP contribution in [0.3, 0.4) is 0 Å². The van der Waals surface area contributed by atoms with Crippen molar-refractivity contribution in [1.82, 2.24) is 4.98 Å². The van der Waals surface area contributed by atoms with Gasteiger partial charge in [-0.25, -0.2) is 4.98 Å². The molecule has 140 valence electrons. The molecule has 4 rings (SSSR count). The fourth-order valence-electron chi connectivity index (χ4n) is 3.44. The molecule has 1 aromatic heterocycles. The number of pyridine rings is 1. The van der Waals surface area contributed by atoms with E-state index in [-0.39, 0.29) is 11.7 Å². The molecule has 0 aliphatic carbocycles. The molecule has 3 aromatic rings. The number of hydrogen-bond acceptors (Lipinski definition) is 4. The zero-order valence-electron chi connectivity index (χ0n) is 15.7. The molecule has 1 aliphatic rings. The number of amides is 1. The Labute approximate surface area is 164 Å². The Hall–Kier alpha value is -3.47. The molecule has 1 amide bonds. The molecule has 0 spiro atoms. The summed E-state index contributed by atoms with van der Waals surface area (Å²) in [6, 6.07) is 18.9. The van der Waals surface area contributed by atoms with E-state index in [4.69, 9.17) is 0 Å². The van der Waals surface area contributed by atoms with Gasteiger partial charge in [-0.1, -0.05) is 18.2 Å². The molecular formula is C23H21N3O2. The van der Waals surface area contributed by atoms with Gasteiger partial charge in [0.15, 0.2) is 5.78 Å². The molecule has 0 saturated carbocycles. The van der Waals surface area contributed by atoms with Gasteiger partial charge in [0.05, 0.1) is 5.56 Å². The third-order valence-corrected chi connectivity index (χ3v) is 4.95. The summed E-state index contributed by atoms with van der Waals surface area (Å²) in [5, 5.41) is 2.84. The van der Waals surface area contributed by atoms with Crippen LogP contribution in [0.4, 0.5) is 17.2 Å². The summed E-state index contributed by atoms with van der Waals surface area (Å²) in [4.78, 5) is 30.5. The van der Waals surface area contributed by atoms with Gasteiger partial charge in [0.25, 0.3) is 5.91 Å². The van der Waals surface area contributed by atoms with E-state index in [1.807, 2.05) is 12.1 Å². The quantitative estimate of drug-likeness (QED) is 0.680. The first-order valence-electron chi connectivity index (χ1n) is 9.36. The van der Waals surface area contributed by atoms with Gasteiger partial charge in [-0.15, -0.1) is 0 Å². The maximum Gasteiger partial charge on any atom is 0.257 e. The van der Waals surface area contributed by atoms with Gasteiger partial charge in [-0.2, -0.15) is 0 Å². The van der Waals surface area contributed by atoms with Crippen LogP contribution >= 0.6 is 0 Å². The number of anilines is 3. The summed E-state index contributed by atoms with van der Waals surface area (Å²) in [5.41, 5.74) is 4.26. The summed E-state index contributed by atoms with van der Waals surface area (Å²) in [7, 11) is 0. The minimum atomic E-state index is -0.228. The van der Waals surface area contributed by atoms with Crippen LogP contribution in [0.1, 0.15) is 39.6 Å². The van der Waals surface area contributed by atoms with Crippen molar-refractivity contribution in [2.24, 2.45) is 0 Å². The standard InChI is InChI=1S/C23H21N3O2/c1-16(27)17-8-11-20(12-9-17)25-23(28)19-10-13-22(24-15-19)26-14-4-6-18-5-2-3-7-21(18)26/h2-3,5,7-13,15H,4,6,14H2,1H3,(H,25,28). The second-order valence-corrected chi connectivity index (χ2v) is 6.88. The Morgan fingerprint density at radius 1 is 0.964 bits per heavy atom. The fourth-order valence-corrected chi connectivity index (χ4v) is 3.44. The van der Waals surface area contributed by atoms with Gasteiger partial charge in [0.2, 0.25) is 0 Å². The lowest BCUT2D eigenvalue weighted by Crippen LogP contribution is -2.25. The average molecular weight is 371 g/mol. The van der Waals surface area contributed by atoms with E-state index in [9.17, 15) is 9.59 Å². The van der Waals surface area contributed by atoms with Gasteiger partial charge >= 0.3 is 0 Å². The first-order valence-corrected chi connectivity index (χ1v) is 9.36.